The molecule has 0 bridgehead atoms. The largest absolute Gasteiger partial charge is 0.454 e. The van der Waals surface area contributed by atoms with E-state index < -0.39 is 5.97 Å². The van der Waals surface area contributed by atoms with Gasteiger partial charge in [-0.05, 0) is 22.4 Å². The molecule has 0 spiro atoms. The van der Waals surface area contributed by atoms with Crippen molar-refractivity contribution in [1.29, 1.82) is 0 Å². The lowest BCUT2D eigenvalue weighted by Crippen LogP contribution is -2.05. The fourth-order valence-electron chi connectivity index (χ4n) is 2.30. The summed E-state index contributed by atoms with van der Waals surface area (Å²) in [5, 5.41) is 2.72. The van der Waals surface area contributed by atoms with Crippen molar-refractivity contribution in [2.45, 2.75) is 6.61 Å². The number of hydrogen-bond acceptors (Lipinski definition) is 3. The van der Waals surface area contributed by atoms with Crippen LogP contribution in [0.5, 0.6) is 0 Å². The Morgan fingerprint density at radius 1 is 1.26 bits per heavy atom. The number of esters is 1. The van der Waals surface area contributed by atoms with E-state index >= 15 is 0 Å². The molecule has 2 aromatic carbocycles. The number of nitrogens with zero attached hydrogens (tertiary/aromatic N) is 2. The minimum Gasteiger partial charge on any atom is -0.454 e. The Kier molecular flexibility index (Phi) is 4.44. The van der Waals surface area contributed by atoms with Crippen LogP contribution in [-0.2, 0) is 23.2 Å². The Hall–Kier alpha value is -2.59. The van der Waals surface area contributed by atoms with Crippen molar-refractivity contribution in [2.75, 3.05) is 0 Å². The molecule has 1 heterocycles. The summed E-state index contributed by atoms with van der Waals surface area (Å²) in [6.45, 7) is 0.0852. The van der Waals surface area contributed by atoms with Gasteiger partial charge in [0.05, 0.1) is 6.20 Å². The Labute approximate surface area is 139 Å². The molecule has 0 saturated carbocycles. The molecule has 0 aliphatic carbocycles. The third-order valence-electron chi connectivity index (χ3n) is 3.59. The predicted molar refractivity (Wildman–Crippen MR) is 91.0 cm³/mol. The molecule has 23 heavy (non-hydrogen) atoms. The second-order valence-electron chi connectivity index (χ2n) is 5.07. The van der Waals surface area contributed by atoms with Crippen LogP contribution in [-0.4, -0.2) is 15.5 Å². The molecule has 3 rings (SSSR count). The average molecular weight is 327 g/mol. The van der Waals surface area contributed by atoms with Crippen molar-refractivity contribution in [1.82, 2.24) is 9.55 Å². The Morgan fingerprint density at radius 3 is 2.83 bits per heavy atom. The number of imidazole rings is 1. The van der Waals surface area contributed by atoms with Gasteiger partial charge in [-0.2, -0.15) is 0 Å². The minimum atomic E-state index is -0.419. The van der Waals surface area contributed by atoms with Crippen molar-refractivity contribution < 1.29 is 9.53 Å². The highest BCUT2D eigenvalue weighted by Crippen LogP contribution is 2.19. The van der Waals surface area contributed by atoms with E-state index in [0.717, 1.165) is 16.3 Å². The van der Waals surface area contributed by atoms with Gasteiger partial charge in [-0.3, -0.25) is 0 Å². The first-order valence-corrected chi connectivity index (χ1v) is 7.51. The fourth-order valence-corrected chi connectivity index (χ4v) is 2.44. The summed E-state index contributed by atoms with van der Waals surface area (Å²) in [6, 6.07) is 14.0. The van der Waals surface area contributed by atoms with Gasteiger partial charge in [0.15, 0.2) is 0 Å². The molecule has 0 amide bonds. The number of benzene rings is 2. The van der Waals surface area contributed by atoms with E-state index in [1.54, 1.807) is 17.7 Å². The summed E-state index contributed by atoms with van der Waals surface area (Å²) >= 11 is 5.89. The van der Waals surface area contributed by atoms with Crippen LogP contribution < -0.4 is 0 Å². The van der Waals surface area contributed by atoms with Crippen LogP contribution in [0.4, 0.5) is 0 Å². The molecule has 0 aliphatic heterocycles. The molecule has 3 aromatic rings. The van der Waals surface area contributed by atoms with Crippen molar-refractivity contribution in [3.63, 3.8) is 0 Å². The Balaban J connectivity index is 1.69. The molecule has 116 valence electrons. The maximum absolute atomic E-state index is 11.9. The topological polar surface area (TPSA) is 44.1 Å². The molecule has 0 aliphatic rings. The van der Waals surface area contributed by atoms with Gasteiger partial charge in [0.1, 0.15) is 17.6 Å². The molecule has 0 atom stereocenters. The van der Waals surface area contributed by atoms with Crippen LogP contribution in [0.15, 0.2) is 54.7 Å². The van der Waals surface area contributed by atoms with Gasteiger partial charge >= 0.3 is 5.97 Å². The molecule has 4 nitrogen and oxygen atoms in total. The second kappa shape index (κ2) is 6.67. The summed E-state index contributed by atoms with van der Waals surface area (Å²) in [4.78, 5) is 15.9. The van der Waals surface area contributed by atoms with Gasteiger partial charge < -0.3 is 9.30 Å². The van der Waals surface area contributed by atoms with Crippen LogP contribution >= 0.6 is 11.6 Å². The normalized spacial score (nSPS) is 11.2. The van der Waals surface area contributed by atoms with E-state index in [0.29, 0.717) is 11.0 Å². The molecule has 0 fully saturated rings. The SMILES string of the molecule is Cn1c(Cl)cnc1COC(=O)/C=C/c1cccc2ccccc12. The lowest BCUT2D eigenvalue weighted by Gasteiger charge is -2.03. The van der Waals surface area contributed by atoms with Gasteiger partial charge in [-0.15, -0.1) is 0 Å². The zero-order valence-electron chi connectivity index (χ0n) is 12.6. The lowest BCUT2D eigenvalue weighted by molar-refractivity contribution is -0.139. The van der Waals surface area contributed by atoms with Gasteiger partial charge in [0.2, 0.25) is 0 Å². The number of carbonyl (C=O) groups is 1. The highest BCUT2D eigenvalue weighted by atomic mass is 35.5. The maximum atomic E-state index is 11.9. The van der Waals surface area contributed by atoms with E-state index in [1.165, 1.54) is 12.3 Å². The van der Waals surface area contributed by atoms with Crippen LogP contribution in [0.3, 0.4) is 0 Å². The second-order valence-corrected chi connectivity index (χ2v) is 5.45. The zero-order chi connectivity index (χ0) is 16.2. The van der Waals surface area contributed by atoms with Gasteiger partial charge in [0.25, 0.3) is 0 Å². The zero-order valence-corrected chi connectivity index (χ0v) is 13.3. The molecule has 0 radical (unpaired) electrons. The summed E-state index contributed by atoms with van der Waals surface area (Å²) in [5.74, 6) is 0.180. The number of aromatic nitrogens is 2. The average Bonchev–Trinajstić information content (AvgIpc) is 2.90. The van der Waals surface area contributed by atoms with Crippen LogP contribution in [0.25, 0.3) is 16.8 Å². The molecule has 0 saturated heterocycles. The number of hydrogen-bond donors (Lipinski definition) is 0. The number of carbonyl (C=O) groups excluding carboxylic acids is 1. The van der Waals surface area contributed by atoms with E-state index in [9.17, 15) is 4.79 Å². The monoisotopic (exact) mass is 326 g/mol. The van der Waals surface area contributed by atoms with E-state index in [1.807, 2.05) is 42.5 Å². The van der Waals surface area contributed by atoms with Gasteiger partial charge in [0, 0.05) is 13.1 Å². The number of halogens is 1. The smallest absolute Gasteiger partial charge is 0.331 e. The van der Waals surface area contributed by atoms with E-state index in [-0.39, 0.29) is 6.61 Å². The summed E-state index contributed by atoms with van der Waals surface area (Å²) in [5.41, 5.74) is 0.972. The van der Waals surface area contributed by atoms with E-state index in [4.69, 9.17) is 16.3 Å². The van der Waals surface area contributed by atoms with E-state index in [2.05, 4.69) is 4.98 Å². The third kappa shape index (κ3) is 3.43. The molecule has 5 heteroatoms. The van der Waals surface area contributed by atoms with Crippen molar-refractivity contribution in [3.05, 3.63) is 71.3 Å². The first-order chi connectivity index (χ1) is 11.1. The maximum Gasteiger partial charge on any atom is 0.331 e. The van der Waals surface area contributed by atoms with Crippen LogP contribution in [0.1, 0.15) is 11.4 Å². The standard InChI is InChI=1S/C18H15ClN2O2/c1-21-16(19)11-20-17(21)12-23-18(22)10-9-14-7-4-6-13-5-2-3-8-15(13)14/h2-11H,12H2,1H3/b10-9+. The Bertz CT molecular complexity index is 878. The highest BCUT2D eigenvalue weighted by molar-refractivity contribution is 6.29. The molecule has 0 unspecified atom stereocenters. The van der Waals surface area contributed by atoms with Crippen molar-refractivity contribution in [2.24, 2.45) is 7.05 Å². The van der Waals surface area contributed by atoms with Gasteiger partial charge in [-0.1, -0.05) is 54.1 Å². The lowest BCUT2D eigenvalue weighted by atomic mass is 10.0. The third-order valence-corrected chi connectivity index (χ3v) is 3.94. The predicted octanol–water partition coefficient (Wildman–Crippen LogP) is 3.98. The number of ether oxygens (including phenoxy) is 1. The quantitative estimate of drug-likeness (QED) is 0.538. The molecule has 1 aromatic heterocycles. The van der Waals surface area contributed by atoms with Crippen LogP contribution in [0.2, 0.25) is 5.15 Å². The van der Waals surface area contributed by atoms with Crippen molar-refractivity contribution >= 4 is 34.4 Å². The molecular weight excluding hydrogens is 312 g/mol. The Morgan fingerprint density at radius 2 is 2.04 bits per heavy atom. The summed E-state index contributed by atoms with van der Waals surface area (Å²) in [7, 11) is 1.77. The minimum absolute atomic E-state index is 0.0852. The fraction of sp³-hybridized carbons (Fsp3) is 0.111. The summed E-state index contributed by atoms with van der Waals surface area (Å²) < 4.78 is 6.86. The first kappa shape index (κ1) is 15.3. The number of fused-ring (bicyclic) bond motifs is 1. The first-order valence-electron chi connectivity index (χ1n) is 7.14. The van der Waals surface area contributed by atoms with Crippen molar-refractivity contribution in [3.8, 4) is 0 Å². The molecular formula is C18H15ClN2O2. The number of rotatable bonds is 4. The molecule has 0 N–H and O–H groups in total. The highest BCUT2D eigenvalue weighted by Gasteiger charge is 2.06. The van der Waals surface area contributed by atoms with Crippen LogP contribution in [0, 0.1) is 0 Å². The summed E-state index contributed by atoms with van der Waals surface area (Å²) in [6.07, 6.45) is 4.71. The van der Waals surface area contributed by atoms with Gasteiger partial charge in [-0.25, -0.2) is 9.78 Å².